The summed E-state index contributed by atoms with van der Waals surface area (Å²) in [6.45, 7) is 7.67. The summed E-state index contributed by atoms with van der Waals surface area (Å²) >= 11 is 0. The Kier molecular flexibility index (Phi) is 6.77. The second kappa shape index (κ2) is 7.25. The molecule has 0 aromatic rings. The summed E-state index contributed by atoms with van der Waals surface area (Å²) in [4.78, 5) is 23.8. The van der Waals surface area contributed by atoms with Crippen molar-refractivity contribution >= 4 is 11.9 Å². The Hall–Kier alpha value is -1.06. The van der Waals surface area contributed by atoms with Crippen molar-refractivity contribution in [3.8, 4) is 0 Å². The Labute approximate surface area is 97.6 Å². The van der Waals surface area contributed by atoms with E-state index in [1.54, 1.807) is 0 Å². The van der Waals surface area contributed by atoms with Crippen LogP contribution < -0.4 is 0 Å². The zero-order chi connectivity index (χ0) is 12.7. The van der Waals surface area contributed by atoms with Crippen molar-refractivity contribution < 1.29 is 14.7 Å². The molecule has 1 unspecified atom stereocenters. The Morgan fingerprint density at radius 2 is 1.81 bits per heavy atom. The molecule has 0 aliphatic heterocycles. The number of carboxylic acid groups (broad SMARTS) is 1. The molecule has 0 aliphatic carbocycles. The zero-order valence-corrected chi connectivity index (χ0v) is 10.7. The number of amides is 1. The van der Waals surface area contributed by atoms with Gasteiger partial charge in [0.1, 0.15) is 6.54 Å². The first-order valence-corrected chi connectivity index (χ1v) is 5.89. The molecule has 0 aromatic carbocycles. The van der Waals surface area contributed by atoms with E-state index in [-0.39, 0.29) is 18.5 Å². The van der Waals surface area contributed by atoms with Crippen LogP contribution >= 0.6 is 0 Å². The lowest BCUT2D eigenvalue weighted by molar-refractivity contribution is -0.145. The van der Waals surface area contributed by atoms with Gasteiger partial charge < -0.3 is 10.0 Å². The number of hydrogen-bond acceptors (Lipinski definition) is 2. The molecule has 4 nitrogen and oxygen atoms in total. The number of aliphatic carboxylic acids is 1. The largest absolute Gasteiger partial charge is 0.480 e. The van der Waals surface area contributed by atoms with Crippen molar-refractivity contribution in [2.24, 2.45) is 5.92 Å². The van der Waals surface area contributed by atoms with Gasteiger partial charge in [-0.2, -0.15) is 0 Å². The van der Waals surface area contributed by atoms with Gasteiger partial charge in [-0.15, -0.1) is 0 Å². The van der Waals surface area contributed by atoms with Crippen molar-refractivity contribution in [2.45, 2.75) is 53.0 Å². The van der Waals surface area contributed by atoms with Gasteiger partial charge >= 0.3 is 5.97 Å². The van der Waals surface area contributed by atoms with E-state index >= 15 is 0 Å². The predicted molar refractivity (Wildman–Crippen MR) is 63.2 cm³/mol. The number of rotatable bonds is 7. The molecule has 1 atom stereocenters. The molecule has 0 aromatic heterocycles. The van der Waals surface area contributed by atoms with E-state index in [1.165, 1.54) is 4.90 Å². The smallest absolute Gasteiger partial charge is 0.323 e. The van der Waals surface area contributed by atoms with Crippen LogP contribution in [0.3, 0.4) is 0 Å². The molecular weight excluding hydrogens is 206 g/mol. The third kappa shape index (κ3) is 5.73. The van der Waals surface area contributed by atoms with Crippen LogP contribution in [-0.2, 0) is 9.59 Å². The highest BCUT2D eigenvalue weighted by Gasteiger charge is 2.19. The van der Waals surface area contributed by atoms with Crippen molar-refractivity contribution in [1.82, 2.24) is 4.90 Å². The highest BCUT2D eigenvalue weighted by Crippen LogP contribution is 2.12. The normalized spacial score (nSPS) is 12.6. The molecule has 0 saturated heterocycles. The maximum absolute atomic E-state index is 11.8. The molecule has 1 amide bonds. The van der Waals surface area contributed by atoms with Crippen LogP contribution in [0.25, 0.3) is 0 Å². The SMILES string of the molecule is CCC(C)CCC(=O)N(CC(=O)O)C(C)C. The van der Waals surface area contributed by atoms with Crippen molar-refractivity contribution in [3.63, 3.8) is 0 Å². The Morgan fingerprint density at radius 1 is 1.25 bits per heavy atom. The van der Waals surface area contributed by atoms with Gasteiger partial charge in [-0.25, -0.2) is 0 Å². The summed E-state index contributed by atoms with van der Waals surface area (Å²) in [6, 6.07) is -0.0551. The van der Waals surface area contributed by atoms with Crippen LogP contribution in [0, 0.1) is 5.92 Å². The van der Waals surface area contributed by atoms with E-state index in [1.807, 2.05) is 13.8 Å². The van der Waals surface area contributed by atoms with Gasteiger partial charge in [0.05, 0.1) is 0 Å². The number of nitrogens with zero attached hydrogens (tertiary/aromatic N) is 1. The average Bonchev–Trinajstić information content (AvgIpc) is 2.21. The van der Waals surface area contributed by atoms with E-state index in [4.69, 9.17) is 5.11 Å². The molecule has 94 valence electrons. The van der Waals surface area contributed by atoms with Gasteiger partial charge in [-0.1, -0.05) is 20.3 Å². The number of carbonyl (C=O) groups is 2. The van der Waals surface area contributed by atoms with E-state index in [9.17, 15) is 9.59 Å². The minimum atomic E-state index is -0.953. The summed E-state index contributed by atoms with van der Waals surface area (Å²) in [6.07, 6.45) is 2.33. The zero-order valence-electron chi connectivity index (χ0n) is 10.7. The fourth-order valence-corrected chi connectivity index (χ4v) is 1.42. The van der Waals surface area contributed by atoms with Crippen LogP contribution in [0.15, 0.2) is 0 Å². The fourth-order valence-electron chi connectivity index (χ4n) is 1.42. The number of hydrogen-bond donors (Lipinski definition) is 1. The highest BCUT2D eigenvalue weighted by atomic mass is 16.4. The van der Waals surface area contributed by atoms with Gasteiger partial charge in [0.15, 0.2) is 0 Å². The molecule has 0 fully saturated rings. The van der Waals surface area contributed by atoms with Crippen molar-refractivity contribution in [2.75, 3.05) is 6.54 Å². The molecule has 4 heteroatoms. The van der Waals surface area contributed by atoms with Crippen LogP contribution in [0.2, 0.25) is 0 Å². The van der Waals surface area contributed by atoms with E-state index in [0.29, 0.717) is 12.3 Å². The van der Waals surface area contributed by atoms with Crippen LogP contribution in [0.5, 0.6) is 0 Å². The lowest BCUT2D eigenvalue weighted by atomic mass is 10.0. The molecule has 0 aliphatic rings. The first-order valence-electron chi connectivity index (χ1n) is 5.89. The van der Waals surface area contributed by atoms with Crippen LogP contribution in [-0.4, -0.2) is 34.5 Å². The number of carbonyl (C=O) groups excluding carboxylic acids is 1. The Balaban J connectivity index is 4.22. The maximum atomic E-state index is 11.8. The highest BCUT2D eigenvalue weighted by molar-refractivity contribution is 5.81. The summed E-state index contributed by atoms with van der Waals surface area (Å²) in [7, 11) is 0. The van der Waals surface area contributed by atoms with Crippen molar-refractivity contribution in [1.29, 1.82) is 0 Å². The maximum Gasteiger partial charge on any atom is 0.323 e. The summed E-state index contributed by atoms with van der Waals surface area (Å²) < 4.78 is 0. The van der Waals surface area contributed by atoms with Crippen LogP contribution in [0.1, 0.15) is 47.0 Å². The second-order valence-corrected chi connectivity index (χ2v) is 4.56. The number of carboxylic acids is 1. The van der Waals surface area contributed by atoms with E-state index in [0.717, 1.165) is 12.8 Å². The topological polar surface area (TPSA) is 57.6 Å². The lowest BCUT2D eigenvalue weighted by Crippen LogP contribution is -2.40. The molecule has 0 rings (SSSR count). The minimum Gasteiger partial charge on any atom is -0.480 e. The summed E-state index contributed by atoms with van der Waals surface area (Å²) in [5, 5.41) is 8.71. The monoisotopic (exact) mass is 229 g/mol. The molecule has 0 heterocycles. The lowest BCUT2D eigenvalue weighted by Gasteiger charge is -2.25. The minimum absolute atomic E-state index is 0.0551. The quantitative estimate of drug-likeness (QED) is 0.727. The van der Waals surface area contributed by atoms with Gasteiger partial charge in [-0.05, 0) is 26.2 Å². The molecule has 1 N–H and O–H groups in total. The second-order valence-electron chi connectivity index (χ2n) is 4.56. The van der Waals surface area contributed by atoms with Gasteiger partial charge in [0.2, 0.25) is 5.91 Å². The molecule has 0 saturated carbocycles. The third-order valence-electron chi connectivity index (χ3n) is 2.80. The first-order chi connectivity index (χ1) is 7.38. The van der Waals surface area contributed by atoms with Crippen LogP contribution in [0.4, 0.5) is 0 Å². The van der Waals surface area contributed by atoms with Gasteiger partial charge in [0.25, 0.3) is 0 Å². The first kappa shape index (κ1) is 14.9. The molecule has 16 heavy (non-hydrogen) atoms. The average molecular weight is 229 g/mol. The van der Waals surface area contributed by atoms with E-state index < -0.39 is 5.97 Å². The Bertz CT molecular complexity index is 238. The third-order valence-corrected chi connectivity index (χ3v) is 2.80. The molecular formula is C12H23NO3. The van der Waals surface area contributed by atoms with Gasteiger partial charge in [-0.3, -0.25) is 9.59 Å². The predicted octanol–water partition coefficient (Wildman–Crippen LogP) is 2.13. The summed E-state index contributed by atoms with van der Waals surface area (Å²) in [5.74, 6) is -0.494. The molecule has 0 radical (unpaired) electrons. The summed E-state index contributed by atoms with van der Waals surface area (Å²) in [5.41, 5.74) is 0. The van der Waals surface area contributed by atoms with Crippen molar-refractivity contribution in [3.05, 3.63) is 0 Å². The van der Waals surface area contributed by atoms with Gasteiger partial charge in [0, 0.05) is 12.5 Å². The molecule has 0 bridgehead atoms. The van der Waals surface area contributed by atoms with E-state index in [2.05, 4.69) is 13.8 Å². The molecule has 0 spiro atoms. The fraction of sp³-hybridized carbons (Fsp3) is 0.833. The Morgan fingerprint density at radius 3 is 2.19 bits per heavy atom. The standard InChI is InChI=1S/C12H23NO3/c1-5-10(4)6-7-11(14)13(9(2)3)8-12(15)16/h9-10H,5-8H2,1-4H3,(H,15,16).